The Bertz CT molecular complexity index is 341. The largest absolute Gasteiger partial charge is 0.481 e. The fraction of sp³-hybridized carbons (Fsp3) is 0.444. The first-order chi connectivity index (χ1) is 7.06. The van der Waals surface area contributed by atoms with Crippen LogP contribution in [0.1, 0.15) is 12.8 Å². The smallest absolute Gasteiger partial charge is 0.344 e. The SMILES string of the molecule is COCC1=C(CCC(=O)O)C(=O)OC1=O. The zero-order valence-electron chi connectivity index (χ0n) is 8.11. The Labute approximate surface area is 85.5 Å². The van der Waals surface area contributed by atoms with Gasteiger partial charge in [-0.05, 0) is 6.42 Å². The van der Waals surface area contributed by atoms with Crippen LogP contribution >= 0.6 is 0 Å². The zero-order chi connectivity index (χ0) is 11.4. The van der Waals surface area contributed by atoms with Gasteiger partial charge >= 0.3 is 17.9 Å². The van der Waals surface area contributed by atoms with Crippen molar-refractivity contribution in [2.75, 3.05) is 13.7 Å². The van der Waals surface area contributed by atoms with Gasteiger partial charge in [-0.1, -0.05) is 0 Å². The van der Waals surface area contributed by atoms with E-state index in [4.69, 9.17) is 9.84 Å². The normalized spacial score (nSPS) is 15.8. The molecule has 0 spiro atoms. The number of rotatable bonds is 5. The Morgan fingerprint density at radius 3 is 2.47 bits per heavy atom. The predicted octanol–water partition coefficient (Wildman–Crippen LogP) is -0.122. The van der Waals surface area contributed by atoms with Gasteiger partial charge in [0.15, 0.2) is 0 Å². The van der Waals surface area contributed by atoms with Gasteiger partial charge in [-0.2, -0.15) is 0 Å². The van der Waals surface area contributed by atoms with E-state index in [9.17, 15) is 14.4 Å². The fourth-order valence-electron chi connectivity index (χ4n) is 1.23. The van der Waals surface area contributed by atoms with Crippen LogP contribution < -0.4 is 0 Å². The van der Waals surface area contributed by atoms with Crippen LogP contribution in [-0.4, -0.2) is 36.7 Å². The molecule has 0 aromatic rings. The summed E-state index contributed by atoms with van der Waals surface area (Å²) in [5, 5.41) is 8.45. The van der Waals surface area contributed by atoms with E-state index in [1.807, 2.05) is 0 Å². The number of carbonyl (C=O) groups is 3. The molecule has 0 fully saturated rings. The molecule has 1 aliphatic rings. The number of carboxylic acids is 1. The summed E-state index contributed by atoms with van der Waals surface area (Å²) >= 11 is 0. The molecule has 82 valence electrons. The maximum absolute atomic E-state index is 11.1. The van der Waals surface area contributed by atoms with E-state index in [-0.39, 0.29) is 30.6 Å². The molecule has 1 N–H and O–H groups in total. The summed E-state index contributed by atoms with van der Waals surface area (Å²) in [5.74, 6) is -2.55. The van der Waals surface area contributed by atoms with E-state index in [0.29, 0.717) is 0 Å². The third-order valence-corrected chi connectivity index (χ3v) is 1.92. The zero-order valence-corrected chi connectivity index (χ0v) is 8.11. The molecular weight excluding hydrogens is 204 g/mol. The lowest BCUT2D eigenvalue weighted by Gasteiger charge is -1.98. The number of methoxy groups -OCH3 is 1. The molecule has 0 bridgehead atoms. The first-order valence-electron chi connectivity index (χ1n) is 4.25. The Hall–Kier alpha value is -1.69. The molecule has 0 radical (unpaired) electrons. The van der Waals surface area contributed by atoms with Crippen molar-refractivity contribution in [3.05, 3.63) is 11.1 Å². The first-order valence-corrected chi connectivity index (χ1v) is 4.25. The third-order valence-electron chi connectivity index (χ3n) is 1.92. The first kappa shape index (κ1) is 11.4. The van der Waals surface area contributed by atoms with Crippen LogP contribution in [-0.2, 0) is 23.9 Å². The fourth-order valence-corrected chi connectivity index (χ4v) is 1.23. The standard InChI is InChI=1S/C9H10O6/c1-14-4-6-5(2-3-7(10)11)8(12)15-9(6)13/h2-4H2,1H3,(H,10,11). The van der Waals surface area contributed by atoms with Gasteiger partial charge in [-0.15, -0.1) is 0 Å². The van der Waals surface area contributed by atoms with Gasteiger partial charge in [0.25, 0.3) is 0 Å². The van der Waals surface area contributed by atoms with E-state index in [2.05, 4.69) is 4.74 Å². The topological polar surface area (TPSA) is 89.9 Å². The molecule has 0 aromatic carbocycles. The van der Waals surface area contributed by atoms with Crippen LogP contribution in [0, 0.1) is 0 Å². The van der Waals surface area contributed by atoms with Gasteiger partial charge in [-0.25, -0.2) is 9.59 Å². The number of cyclic esters (lactones) is 2. The molecule has 6 heteroatoms. The summed E-state index contributed by atoms with van der Waals surface area (Å²) < 4.78 is 9.07. The summed E-state index contributed by atoms with van der Waals surface area (Å²) in [6, 6.07) is 0. The van der Waals surface area contributed by atoms with Crippen molar-refractivity contribution < 1.29 is 29.0 Å². The van der Waals surface area contributed by atoms with Crippen LogP contribution in [0.2, 0.25) is 0 Å². The van der Waals surface area contributed by atoms with Crippen LogP contribution in [0.15, 0.2) is 11.1 Å². The van der Waals surface area contributed by atoms with E-state index in [1.54, 1.807) is 0 Å². The Morgan fingerprint density at radius 2 is 1.93 bits per heavy atom. The monoisotopic (exact) mass is 214 g/mol. The number of carbonyl (C=O) groups excluding carboxylic acids is 2. The van der Waals surface area contributed by atoms with Gasteiger partial charge < -0.3 is 14.6 Å². The lowest BCUT2D eigenvalue weighted by atomic mass is 10.1. The summed E-state index contributed by atoms with van der Waals surface area (Å²) in [7, 11) is 1.37. The maximum Gasteiger partial charge on any atom is 0.344 e. The van der Waals surface area contributed by atoms with Gasteiger partial charge in [0, 0.05) is 13.5 Å². The van der Waals surface area contributed by atoms with Crippen molar-refractivity contribution in [3.8, 4) is 0 Å². The minimum absolute atomic E-state index is 0.0153. The summed E-state index contributed by atoms with van der Waals surface area (Å²) in [6.07, 6.45) is -0.233. The van der Waals surface area contributed by atoms with Gasteiger partial charge in [0.2, 0.25) is 0 Å². The Balaban J connectivity index is 2.81. The highest BCUT2D eigenvalue weighted by molar-refractivity contribution is 6.12. The number of esters is 2. The lowest BCUT2D eigenvalue weighted by Crippen LogP contribution is -2.05. The van der Waals surface area contributed by atoms with Crippen molar-refractivity contribution in [2.24, 2.45) is 0 Å². The summed E-state index contributed by atoms with van der Waals surface area (Å²) in [4.78, 5) is 32.6. The molecule has 1 rings (SSSR count). The lowest BCUT2D eigenvalue weighted by molar-refractivity contribution is -0.151. The molecule has 0 saturated heterocycles. The van der Waals surface area contributed by atoms with Crippen LogP contribution in [0.5, 0.6) is 0 Å². The number of ether oxygens (including phenoxy) is 2. The molecular formula is C9H10O6. The molecule has 0 amide bonds. The average molecular weight is 214 g/mol. The van der Waals surface area contributed by atoms with Crippen molar-refractivity contribution >= 4 is 17.9 Å². The molecule has 6 nitrogen and oxygen atoms in total. The summed E-state index contributed by atoms with van der Waals surface area (Å²) in [6.45, 7) is -0.0421. The van der Waals surface area contributed by atoms with E-state index in [1.165, 1.54) is 7.11 Å². The highest BCUT2D eigenvalue weighted by Crippen LogP contribution is 2.21. The van der Waals surface area contributed by atoms with Gasteiger partial charge in [0.05, 0.1) is 17.8 Å². The van der Waals surface area contributed by atoms with E-state index in [0.717, 1.165) is 0 Å². The second kappa shape index (κ2) is 4.70. The highest BCUT2D eigenvalue weighted by atomic mass is 16.6. The number of carboxylic acid groups (broad SMARTS) is 1. The van der Waals surface area contributed by atoms with E-state index >= 15 is 0 Å². The summed E-state index contributed by atoms with van der Waals surface area (Å²) in [5.41, 5.74) is 0.216. The molecule has 0 unspecified atom stereocenters. The van der Waals surface area contributed by atoms with Crippen LogP contribution in [0.25, 0.3) is 0 Å². The minimum atomic E-state index is -1.04. The predicted molar refractivity (Wildman–Crippen MR) is 46.9 cm³/mol. The van der Waals surface area contributed by atoms with Gasteiger partial charge in [0.1, 0.15) is 0 Å². The van der Waals surface area contributed by atoms with Gasteiger partial charge in [-0.3, -0.25) is 4.79 Å². The van der Waals surface area contributed by atoms with E-state index < -0.39 is 17.9 Å². The number of hydrogen-bond acceptors (Lipinski definition) is 5. The maximum atomic E-state index is 11.1. The number of aliphatic carboxylic acids is 1. The molecule has 1 aliphatic heterocycles. The second-order valence-electron chi connectivity index (χ2n) is 2.96. The van der Waals surface area contributed by atoms with Crippen molar-refractivity contribution in [1.82, 2.24) is 0 Å². The molecule has 0 aromatic heterocycles. The third kappa shape index (κ3) is 2.63. The average Bonchev–Trinajstić information content (AvgIpc) is 2.40. The molecule has 0 aliphatic carbocycles. The second-order valence-corrected chi connectivity index (χ2v) is 2.96. The Kier molecular flexibility index (Phi) is 3.56. The van der Waals surface area contributed by atoms with Crippen molar-refractivity contribution in [3.63, 3.8) is 0 Å². The van der Waals surface area contributed by atoms with Crippen LogP contribution in [0.4, 0.5) is 0 Å². The molecule has 15 heavy (non-hydrogen) atoms. The Morgan fingerprint density at radius 1 is 1.33 bits per heavy atom. The minimum Gasteiger partial charge on any atom is -0.481 e. The van der Waals surface area contributed by atoms with Crippen molar-refractivity contribution in [1.29, 1.82) is 0 Å². The highest BCUT2D eigenvalue weighted by Gasteiger charge is 2.32. The number of hydrogen-bond donors (Lipinski definition) is 1. The van der Waals surface area contributed by atoms with Crippen LogP contribution in [0.3, 0.4) is 0 Å². The molecule has 1 heterocycles. The van der Waals surface area contributed by atoms with Crippen molar-refractivity contribution in [2.45, 2.75) is 12.8 Å². The quantitative estimate of drug-likeness (QED) is 0.506. The molecule has 0 saturated carbocycles. The molecule has 0 atom stereocenters.